The Balaban J connectivity index is 1.22. The molecule has 0 aliphatic carbocycles. The number of nitrogens with zero attached hydrogens (tertiary/aromatic N) is 4. The minimum Gasteiger partial charge on any atom is -0.496 e. The van der Waals surface area contributed by atoms with Crippen LogP contribution in [0.15, 0.2) is 60.7 Å². The average Bonchev–Trinajstić information content (AvgIpc) is 3.48. The van der Waals surface area contributed by atoms with Crippen LogP contribution in [0.4, 0.5) is 0 Å². The Morgan fingerprint density at radius 2 is 1.83 bits per heavy atom. The number of carbonyl (C=O) groups is 1. The molecule has 8 nitrogen and oxygen atoms in total. The van der Waals surface area contributed by atoms with Crippen LogP contribution in [0.5, 0.6) is 5.75 Å². The van der Waals surface area contributed by atoms with Crippen LogP contribution in [0, 0.1) is 0 Å². The maximum atomic E-state index is 12.9. The van der Waals surface area contributed by atoms with Crippen molar-refractivity contribution in [1.29, 1.82) is 0 Å². The van der Waals surface area contributed by atoms with E-state index in [9.17, 15) is 4.79 Å². The first-order valence-corrected chi connectivity index (χ1v) is 12.2. The van der Waals surface area contributed by atoms with Crippen molar-refractivity contribution in [3.63, 3.8) is 0 Å². The van der Waals surface area contributed by atoms with E-state index in [4.69, 9.17) is 17.0 Å². The highest BCUT2D eigenvalue weighted by Gasteiger charge is 2.15. The Labute approximate surface area is 211 Å². The molecule has 0 unspecified atom stereocenters. The first kappa shape index (κ1) is 22.9. The normalized spacial score (nSPS) is 11.0. The van der Waals surface area contributed by atoms with Crippen LogP contribution in [0.1, 0.15) is 28.7 Å². The number of fused-ring (bicyclic) bond motifs is 2. The predicted molar refractivity (Wildman–Crippen MR) is 141 cm³/mol. The fourth-order valence-electron chi connectivity index (χ4n) is 3.72. The van der Waals surface area contributed by atoms with Gasteiger partial charge in [-0.25, -0.2) is 0 Å². The summed E-state index contributed by atoms with van der Waals surface area (Å²) in [4.78, 5) is 13.6. The second kappa shape index (κ2) is 9.77. The number of carbonyl (C=O) groups excluding carboxylic acids is 1. The van der Waals surface area contributed by atoms with Gasteiger partial charge in [0.05, 0.1) is 12.7 Å². The molecule has 0 fully saturated rings. The lowest BCUT2D eigenvalue weighted by atomic mass is 10.1. The first-order valence-electron chi connectivity index (χ1n) is 11.0. The highest BCUT2D eigenvalue weighted by Crippen LogP contribution is 2.27. The Bertz CT molecular complexity index is 1540. The average molecular weight is 503 g/mol. The van der Waals surface area contributed by atoms with Gasteiger partial charge in [0.1, 0.15) is 10.8 Å². The van der Waals surface area contributed by atoms with Gasteiger partial charge in [-0.3, -0.25) is 10.1 Å². The van der Waals surface area contributed by atoms with Crippen LogP contribution in [-0.2, 0) is 13.0 Å². The summed E-state index contributed by atoms with van der Waals surface area (Å²) in [5.41, 5.74) is 2.45. The third-order valence-electron chi connectivity index (χ3n) is 5.57. The second-order valence-electron chi connectivity index (χ2n) is 7.80. The van der Waals surface area contributed by atoms with Gasteiger partial charge in [0.15, 0.2) is 10.9 Å². The van der Waals surface area contributed by atoms with Crippen LogP contribution >= 0.6 is 23.6 Å². The van der Waals surface area contributed by atoms with E-state index in [1.165, 1.54) is 11.3 Å². The van der Waals surface area contributed by atoms with Crippen molar-refractivity contribution in [3.8, 4) is 16.3 Å². The van der Waals surface area contributed by atoms with Crippen molar-refractivity contribution in [2.24, 2.45) is 0 Å². The molecule has 0 aliphatic heterocycles. The molecule has 0 saturated heterocycles. The highest BCUT2D eigenvalue weighted by atomic mass is 32.1. The van der Waals surface area contributed by atoms with Crippen molar-refractivity contribution in [3.05, 3.63) is 77.6 Å². The molecule has 2 N–H and O–H groups in total. The lowest BCUT2D eigenvalue weighted by Gasteiger charge is -2.13. The fourth-order valence-corrected chi connectivity index (χ4v) is 4.75. The van der Waals surface area contributed by atoms with E-state index >= 15 is 0 Å². The number of aromatic nitrogens is 4. The summed E-state index contributed by atoms with van der Waals surface area (Å²) in [6, 6.07) is 19.5. The number of methoxy groups -OCH3 is 1. The number of thiocarbonyl (C=S) groups is 1. The van der Waals surface area contributed by atoms with Crippen LogP contribution in [0.25, 0.3) is 26.3 Å². The second-order valence-corrected chi connectivity index (χ2v) is 9.17. The van der Waals surface area contributed by atoms with E-state index < -0.39 is 0 Å². The van der Waals surface area contributed by atoms with E-state index in [-0.39, 0.29) is 11.0 Å². The number of benzene rings is 3. The first-order chi connectivity index (χ1) is 17.1. The summed E-state index contributed by atoms with van der Waals surface area (Å²) >= 11 is 6.85. The van der Waals surface area contributed by atoms with E-state index in [2.05, 4.69) is 25.9 Å². The number of ether oxygens (including phenoxy) is 1. The summed E-state index contributed by atoms with van der Waals surface area (Å²) in [5.74, 6) is 1.02. The van der Waals surface area contributed by atoms with Crippen molar-refractivity contribution < 1.29 is 9.53 Å². The fraction of sp³-hybridized carbons (Fsp3) is 0.160. The van der Waals surface area contributed by atoms with Gasteiger partial charge in [-0.2, -0.15) is 9.61 Å². The summed E-state index contributed by atoms with van der Waals surface area (Å²) in [7, 11) is 1.55. The number of nitrogens with one attached hydrogen (secondary N) is 2. The molecule has 5 rings (SSSR count). The van der Waals surface area contributed by atoms with Crippen molar-refractivity contribution in [2.75, 3.05) is 7.11 Å². The molecule has 2 heterocycles. The predicted octanol–water partition coefficient (Wildman–Crippen LogP) is 4.38. The molecule has 35 heavy (non-hydrogen) atoms. The van der Waals surface area contributed by atoms with Gasteiger partial charge in [-0.1, -0.05) is 66.8 Å². The zero-order valence-electron chi connectivity index (χ0n) is 19.1. The van der Waals surface area contributed by atoms with Crippen LogP contribution in [-0.4, -0.2) is 37.9 Å². The monoisotopic (exact) mass is 502 g/mol. The lowest BCUT2D eigenvalue weighted by Crippen LogP contribution is -2.39. The maximum Gasteiger partial charge on any atom is 0.261 e. The molecule has 3 aromatic carbocycles. The molecule has 0 bridgehead atoms. The molecule has 0 saturated carbocycles. The Kier molecular flexibility index (Phi) is 6.39. The number of hydrogen-bond acceptors (Lipinski definition) is 7. The van der Waals surface area contributed by atoms with Gasteiger partial charge in [0, 0.05) is 18.5 Å². The highest BCUT2D eigenvalue weighted by molar-refractivity contribution is 7.80. The number of amides is 1. The Morgan fingerprint density at radius 3 is 2.54 bits per heavy atom. The van der Waals surface area contributed by atoms with E-state index in [1.54, 1.807) is 17.7 Å². The van der Waals surface area contributed by atoms with Gasteiger partial charge in [0.25, 0.3) is 5.91 Å². The number of aryl methyl sites for hydroxylation is 1. The van der Waals surface area contributed by atoms with E-state index in [0.29, 0.717) is 17.9 Å². The van der Waals surface area contributed by atoms with Gasteiger partial charge in [0.2, 0.25) is 4.96 Å². The van der Waals surface area contributed by atoms with Gasteiger partial charge in [-0.05, 0) is 40.7 Å². The molecule has 1 amide bonds. The summed E-state index contributed by atoms with van der Waals surface area (Å²) < 4.78 is 7.22. The quantitative estimate of drug-likeness (QED) is 0.333. The van der Waals surface area contributed by atoms with Gasteiger partial charge >= 0.3 is 0 Å². The molecule has 0 aliphatic rings. The molecule has 2 aromatic heterocycles. The SMILES string of the molecule is CCc1nnc2sc(-c3ccc(CNC(=S)NC(=O)c4cc5ccccc5cc4OC)cc3)nn12. The zero-order valence-corrected chi connectivity index (χ0v) is 20.7. The molecule has 0 spiro atoms. The molecule has 0 radical (unpaired) electrons. The standard InChI is InChI=1S/C25H22N6O2S2/c1-3-21-28-29-25-31(21)30-23(35-25)16-10-8-15(9-11-16)14-26-24(34)27-22(32)19-12-17-6-4-5-7-18(17)13-20(19)33-2/h4-13H,3,14H2,1-2H3,(H2,26,27,32,34). The zero-order chi connectivity index (χ0) is 24.4. The van der Waals surface area contributed by atoms with E-state index in [0.717, 1.165) is 44.1 Å². The van der Waals surface area contributed by atoms with Crippen molar-refractivity contribution in [1.82, 2.24) is 30.4 Å². The van der Waals surface area contributed by atoms with Crippen molar-refractivity contribution in [2.45, 2.75) is 19.9 Å². The van der Waals surface area contributed by atoms with Crippen LogP contribution < -0.4 is 15.4 Å². The molecule has 10 heteroatoms. The van der Waals surface area contributed by atoms with Gasteiger partial charge in [-0.15, -0.1) is 10.2 Å². The summed E-state index contributed by atoms with van der Waals surface area (Å²) in [5, 5.41) is 21.8. The van der Waals surface area contributed by atoms with Gasteiger partial charge < -0.3 is 10.1 Å². The maximum absolute atomic E-state index is 12.9. The number of hydrogen-bond donors (Lipinski definition) is 2. The smallest absolute Gasteiger partial charge is 0.261 e. The Hall–Kier alpha value is -3.89. The number of rotatable bonds is 6. The van der Waals surface area contributed by atoms with E-state index in [1.807, 2.05) is 61.5 Å². The van der Waals surface area contributed by atoms with Crippen molar-refractivity contribution >= 4 is 50.3 Å². The summed E-state index contributed by atoms with van der Waals surface area (Å²) in [6.45, 7) is 2.50. The largest absolute Gasteiger partial charge is 0.496 e. The molecular formula is C25H22N6O2S2. The minimum absolute atomic E-state index is 0.245. The summed E-state index contributed by atoms with van der Waals surface area (Å²) in [6.07, 6.45) is 0.777. The van der Waals surface area contributed by atoms with Crippen LogP contribution in [0.3, 0.4) is 0 Å². The lowest BCUT2D eigenvalue weighted by molar-refractivity contribution is 0.0974. The molecule has 5 aromatic rings. The Morgan fingerprint density at radius 1 is 1.09 bits per heavy atom. The third-order valence-corrected chi connectivity index (χ3v) is 6.76. The molecule has 0 atom stereocenters. The third kappa shape index (κ3) is 4.71. The minimum atomic E-state index is -0.324. The molecule has 176 valence electrons. The topological polar surface area (TPSA) is 93.4 Å². The molecular weight excluding hydrogens is 480 g/mol. The van der Waals surface area contributed by atoms with Crippen LogP contribution in [0.2, 0.25) is 0 Å².